The second-order valence-electron chi connectivity index (χ2n) is 3.08. The normalized spacial score (nSPS) is 10.6. The molecule has 4 nitrogen and oxygen atoms in total. The molecule has 0 unspecified atom stereocenters. The third kappa shape index (κ3) is 3.07. The van der Waals surface area contributed by atoms with Crippen molar-refractivity contribution in [3.63, 3.8) is 0 Å². The lowest BCUT2D eigenvalue weighted by atomic mass is 10.2. The number of nitrogens with two attached hydrogens (primary N) is 1. The molecule has 0 spiro atoms. The third-order valence-electron chi connectivity index (χ3n) is 1.90. The summed E-state index contributed by atoms with van der Waals surface area (Å²) in [6.45, 7) is 0.284. The highest BCUT2D eigenvalue weighted by Crippen LogP contribution is 2.22. The van der Waals surface area contributed by atoms with Crippen LogP contribution in [0, 0.1) is 0 Å². The molecule has 2 rings (SSSR count). The number of rotatable bonds is 4. The van der Waals surface area contributed by atoms with Crippen LogP contribution in [0.4, 0.5) is 0 Å². The summed E-state index contributed by atoms with van der Waals surface area (Å²) in [5, 5.41) is 8.23. The van der Waals surface area contributed by atoms with Gasteiger partial charge in [0, 0.05) is 10.2 Å². The van der Waals surface area contributed by atoms with Crippen molar-refractivity contribution >= 4 is 27.7 Å². The van der Waals surface area contributed by atoms with Gasteiger partial charge < -0.3 is 10.2 Å². The summed E-state index contributed by atoms with van der Waals surface area (Å²) in [5.41, 5.74) is 6.59. The van der Waals surface area contributed by atoms with Gasteiger partial charge in [0.2, 0.25) is 5.89 Å². The van der Waals surface area contributed by atoms with E-state index in [1.165, 1.54) is 17.3 Å². The van der Waals surface area contributed by atoms with Gasteiger partial charge in [0.1, 0.15) is 0 Å². The van der Waals surface area contributed by atoms with Crippen molar-refractivity contribution in [1.82, 2.24) is 10.2 Å². The number of hydrogen-bond acceptors (Lipinski definition) is 5. The molecule has 2 N–H and O–H groups in total. The highest BCUT2D eigenvalue weighted by molar-refractivity contribution is 9.10. The van der Waals surface area contributed by atoms with E-state index in [9.17, 15) is 0 Å². The number of aromatic nitrogens is 2. The van der Waals surface area contributed by atoms with Crippen LogP contribution in [0.3, 0.4) is 0 Å². The lowest BCUT2D eigenvalue weighted by Crippen LogP contribution is -1.95. The molecule has 0 aliphatic rings. The van der Waals surface area contributed by atoms with Crippen LogP contribution in [0.5, 0.6) is 0 Å². The first-order chi connectivity index (χ1) is 7.78. The predicted molar refractivity (Wildman–Crippen MR) is 65.9 cm³/mol. The van der Waals surface area contributed by atoms with Gasteiger partial charge in [0.25, 0.3) is 5.22 Å². The van der Waals surface area contributed by atoms with Crippen molar-refractivity contribution < 1.29 is 4.42 Å². The molecule has 0 amide bonds. The van der Waals surface area contributed by atoms with Gasteiger partial charge in [-0.05, 0) is 17.7 Å². The van der Waals surface area contributed by atoms with Gasteiger partial charge in [-0.25, -0.2) is 0 Å². The summed E-state index contributed by atoms with van der Waals surface area (Å²) in [5.74, 6) is 1.28. The molecule has 0 saturated carbocycles. The Kier molecular flexibility index (Phi) is 3.98. The van der Waals surface area contributed by atoms with E-state index in [0.717, 1.165) is 10.2 Å². The van der Waals surface area contributed by atoms with Crippen LogP contribution in [0.2, 0.25) is 0 Å². The van der Waals surface area contributed by atoms with Crippen molar-refractivity contribution in [1.29, 1.82) is 0 Å². The maximum atomic E-state index is 5.38. The summed E-state index contributed by atoms with van der Waals surface area (Å²) in [6.07, 6.45) is 0. The Morgan fingerprint density at radius 2 is 2.00 bits per heavy atom. The average Bonchev–Trinajstić information content (AvgIpc) is 2.76. The molecule has 0 bridgehead atoms. The number of thioether (sulfide) groups is 1. The summed E-state index contributed by atoms with van der Waals surface area (Å²) < 4.78 is 6.36. The molecule has 0 aliphatic heterocycles. The molecule has 2 aromatic rings. The van der Waals surface area contributed by atoms with E-state index in [0.29, 0.717) is 11.1 Å². The standard InChI is InChI=1S/C10H10BrN3OS/c11-8-3-1-7(2-4-8)6-16-10-14-13-9(5-12)15-10/h1-4H,5-6,12H2. The van der Waals surface area contributed by atoms with Gasteiger partial charge in [-0.1, -0.05) is 39.8 Å². The first kappa shape index (κ1) is 11.6. The fourth-order valence-electron chi connectivity index (χ4n) is 1.10. The van der Waals surface area contributed by atoms with Crippen LogP contribution in [-0.4, -0.2) is 10.2 Å². The average molecular weight is 300 g/mol. The largest absolute Gasteiger partial charge is 0.415 e. The molecule has 0 fully saturated rings. The highest BCUT2D eigenvalue weighted by atomic mass is 79.9. The molecule has 84 valence electrons. The van der Waals surface area contributed by atoms with Crippen molar-refractivity contribution in [3.8, 4) is 0 Å². The van der Waals surface area contributed by atoms with Crippen LogP contribution >= 0.6 is 27.7 Å². The Hall–Kier alpha value is -0.850. The Balaban J connectivity index is 1.94. The molecule has 1 heterocycles. The molecule has 0 radical (unpaired) electrons. The quantitative estimate of drug-likeness (QED) is 0.879. The lowest BCUT2D eigenvalue weighted by molar-refractivity contribution is 0.415. The van der Waals surface area contributed by atoms with Crippen molar-refractivity contribution in [3.05, 3.63) is 40.2 Å². The van der Waals surface area contributed by atoms with Gasteiger partial charge in [-0.2, -0.15) is 0 Å². The van der Waals surface area contributed by atoms with Gasteiger partial charge >= 0.3 is 0 Å². The molecular formula is C10H10BrN3OS. The summed E-state index contributed by atoms with van der Waals surface area (Å²) in [6, 6.07) is 8.12. The van der Waals surface area contributed by atoms with E-state index in [1.807, 2.05) is 12.1 Å². The second-order valence-corrected chi connectivity index (χ2v) is 4.92. The topological polar surface area (TPSA) is 64.9 Å². The van der Waals surface area contributed by atoms with E-state index in [-0.39, 0.29) is 6.54 Å². The second kappa shape index (κ2) is 5.47. The van der Waals surface area contributed by atoms with Gasteiger partial charge in [0.05, 0.1) is 6.54 Å². The summed E-state index contributed by atoms with van der Waals surface area (Å²) in [7, 11) is 0. The molecule has 6 heteroatoms. The zero-order chi connectivity index (χ0) is 11.4. The smallest absolute Gasteiger partial charge is 0.276 e. The van der Waals surface area contributed by atoms with Crippen molar-refractivity contribution in [2.24, 2.45) is 5.73 Å². The van der Waals surface area contributed by atoms with Crippen LogP contribution in [0.15, 0.2) is 38.4 Å². The molecular weight excluding hydrogens is 290 g/mol. The highest BCUT2D eigenvalue weighted by Gasteiger charge is 2.05. The van der Waals surface area contributed by atoms with Gasteiger partial charge in [0.15, 0.2) is 0 Å². The SMILES string of the molecule is NCc1nnc(SCc2ccc(Br)cc2)o1. The van der Waals surface area contributed by atoms with E-state index in [1.54, 1.807) is 0 Å². The number of benzene rings is 1. The fraction of sp³-hybridized carbons (Fsp3) is 0.200. The maximum Gasteiger partial charge on any atom is 0.276 e. The maximum absolute atomic E-state index is 5.38. The molecule has 1 aromatic carbocycles. The molecule has 0 aliphatic carbocycles. The fourth-order valence-corrected chi connectivity index (χ4v) is 2.11. The van der Waals surface area contributed by atoms with Crippen molar-refractivity contribution in [2.45, 2.75) is 17.5 Å². The molecule has 1 aromatic heterocycles. The Labute approximate surface area is 106 Å². The van der Waals surface area contributed by atoms with E-state index in [2.05, 4.69) is 38.3 Å². The number of nitrogens with zero attached hydrogens (tertiary/aromatic N) is 2. The first-order valence-electron chi connectivity index (χ1n) is 4.67. The Morgan fingerprint density at radius 3 is 2.62 bits per heavy atom. The van der Waals surface area contributed by atoms with Crippen LogP contribution in [-0.2, 0) is 12.3 Å². The minimum atomic E-state index is 0.284. The summed E-state index contributed by atoms with van der Waals surface area (Å²) in [4.78, 5) is 0. The predicted octanol–water partition coefficient (Wildman–Crippen LogP) is 2.58. The Bertz CT molecular complexity index is 457. The zero-order valence-electron chi connectivity index (χ0n) is 8.39. The van der Waals surface area contributed by atoms with Crippen LogP contribution in [0.25, 0.3) is 0 Å². The van der Waals surface area contributed by atoms with Gasteiger partial charge in [-0.3, -0.25) is 0 Å². The number of halogens is 1. The van der Waals surface area contributed by atoms with Crippen LogP contribution in [0.1, 0.15) is 11.5 Å². The third-order valence-corrected chi connectivity index (χ3v) is 3.32. The molecule has 0 saturated heterocycles. The van der Waals surface area contributed by atoms with Gasteiger partial charge in [-0.15, -0.1) is 10.2 Å². The first-order valence-corrected chi connectivity index (χ1v) is 6.45. The minimum absolute atomic E-state index is 0.284. The van der Waals surface area contributed by atoms with E-state index in [4.69, 9.17) is 10.2 Å². The van der Waals surface area contributed by atoms with Crippen molar-refractivity contribution in [2.75, 3.05) is 0 Å². The number of hydrogen-bond donors (Lipinski definition) is 1. The molecule has 0 atom stereocenters. The lowest BCUT2D eigenvalue weighted by Gasteiger charge is -1.97. The minimum Gasteiger partial charge on any atom is -0.415 e. The van der Waals surface area contributed by atoms with Crippen LogP contribution < -0.4 is 5.73 Å². The zero-order valence-corrected chi connectivity index (χ0v) is 10.8. The monoisotopic (exact) mass is 299 g/mol. The van der Waals surface area contributed by atoms with E-state index < -0.39 is 0 Å². The Morgan fingerprint density at radius 1 is 1.25 bits per heavy atom. The van der Waals surface area contributed by atoms with E-state index >= 15 is 0 Å². The summed E-state index contributed by atoms with van der Waals surface area (Å²) >= 11 is 4.90. The molecule has 16 heavy (non-hydrogen) atoms.